The Balaban J connectivity index is 0.00000162. The van der Waals surface area contributed by atoms with Gasteiger partial charge in [0.25, 0.3) is 0 Å². The van der Waals surface area contributed by atoms with E-state index < -0.39 is 0 Å². The predicted molar refractivity (Wildman–Crippen MR) is 77.5 cm³/mol. The van der Waals surface area contributed by atoms with E-state index >= 15 is 0 Å². The van der Waals surface area contributed by atoms with Crippen LogP contribution in [0.2, 0.25) is 0 Å². The Morgan fingerprint density at radius 2 is 2.11 bits per heavy atom. The molecule has 4 heteroatoms. The molecular weight excluding hydrogens is 248 g/mol. The summed E-state index contributed by atoms with van der Waals surface area (Å²) in [7, 11) is 0. The van der Waals surface area contributed by atoms with Crippen LogP contribution in [-0.4, -0.2) is 19.0 Å². The number of hydrogen-bond acceptors (Lipinski definition) is 2. The van der Waals surface area contributed by atoms with E-state index in [1.165, 1.54) is 16.7 Å². The van der Waals surface area contributed by atoms with Gasteiger partial charge in [-0.25, -0.2) is 0 Å². The van der Waals surface area contributed by atoms with Crippen LogP contribution in [0, 0.1) is 13.8 Å². The smallest absolute Gasteiger partial charge is 0.228 e. The van der Waals surface area contributed by atoms with Crippen molar-refractivity contribution in [1.82, 2.24) is 0 Å². The number of hydrogen-bond donors (Lipinski definition) is 1. The lowest BCUT2D eigenvalue weighted by atomic mass is 9.95. The minimum Gasteiger partial charge on any atom is -0.330 e. The lowest BCUT2D eigenvalue weighted by Gasteiger charge is -2.31. The molecule has 0 saturated carbocycles. The first-order chi connectivity index (χ1) is 8.13. The maximum atomic E-state index is 12.0. The van der Waals surface area contributed by atoms with Gasteiger partial charge >= 0.3 is 0 Å². The minimum absolute atomic E-state index is 0. The number of rotatable bonds is 2. The Morgan fingerprint density at radius 3 is 2.78 bits per heavy atom. The Hall–Kier alpha value is -1.06. The van der Waals surface area contributed by atoms with Crippen LogP contribution in [0.3, 0.4) is 0 Å². The molecule has 0 unspecified atom stereocenters. The van der Waals surface area contributed by atoms with Gasteiger partial charge in [-0.15, -0.1) is 12.4 Å². The van der Waals surface area contributed by atoms with Gasteiger partial charge in [0.2, 0.25) is 5.91 Å². The van der Waals surface area contributed by atoms with Crippen molar-refractivity contribution >= 4 is 24.0 Å². The Labute approximate surface area is 115 Å². The van der Waals surface area contributed by atoms with E-state index in [1.807, 2.05) is 4.90 Å². The summed E-state index contributed by atoms with van der Waals surface area (Å²) < 4.78 is 0. The van der Waals surface area contributed by atoms with Crippen molar-refractivity contribution in [2.45, 2.75) is 33.1 Å². The highest BCUT2D eigenvalue weighted by atomic mass is 35.5. The summed E-state index contributed by atoms with van der Waals surface area (Å²) in [5, 5.41) is 0. The second-order valence-corrected chi connectivity index (χ2v) is 4.77. The number of fused-ring (bicyclic) bond motifs is 1. The molecule has 0 fully saturated rings. The number of nitrogens with two attached hydrogens (primary N) is 1. The van der Waals surface area contributed by atoms with Crippen LogP contribution < -0.4 is 10.6 Å². The van der Waals surface area contributed by atoms with Crippen LogP contribution in [0.15, 0.2) is 12.1 Å². The Bertz CT molecular complexity index is 446. The summed E-state index contributed by atoms with van der Waals surface area (Å²) in [6.45, 7) is 5.46. The fourth-order valence-electron chi connectivity index (χ4n) is 2.59. The van der Waals surface area contributed by atoms with Gasteiger partial charge in [-0.3, -0.25) is 4.79 Å². The van der Waals surface area contributed by atoms with Gasteiger partial charge in [0.15, 0.2) is 0 Å². The number of halogens is 1. The predicted octanol–water partition coefficient (Wildman–Crippen LogP) is 2.35. The Kier molecular flexibility index (Phi) is 5.17. The van der Waals surface area contributed by atoms with Crippen LogP contribution in [0.1, 0.15) is 29.5 Å². The number of benzene rings is 1. The lowest BCUT2D eigenvalue weighted by Crippen LogP contribution is -2.36. The van der Waals surface area contributed by atoms with Crippen LogP contribution in [0.4, 0.5) is 5.69 Å². The molecule has 0 aliphatic carbocycles. The zero-order valence-corrected chi connectivity index (χ0v) is 11.8. The zero-order chi connectivity index (χ0) is 12.4. The van der Waals surface area contributed by atoms with Gasteiger partial charge in [-0.1, -0.05) is 6.07 Å². The summed E-state index contributed by atoms with van der Waals surface area (Å²) in [5.74, 6) is 0.151. The standard InChI is InChI=1S/C14H20N2O.ClH/c1-10-8-11(2)12-4-3-7-16(13(12)9-10)14(17)5-6-15;/h8-9H,3-7,15H2,1-2H3;1H. The van der Waals surface area contributed by atoms with Crippen LogP contribution in [-0.2, 0) is 11.2 Å². The molecule has 2 N–H and O–H groups in total. The second-order valence-electron chi connectivity index (χ2n) is 4.77. The van der Waals surface area contributed by atoms with E-state index in [1.54, 1.807) is 0 Å². The molecule has 1 aliphatic rings. The highest BCUT2D eigenvalue weighted by molar-refractivity contribution is 5.95. The molecule has 1 aromatic carbocycles. The summed E-state index contributed by atoms with van der Waals surface area (Å²) in [6, 6.07) is 4.31. The molecular formula is C14H21ClN2O. The number of nitrogens with zero attached hydrogens (tertiary/aromatic N) is 1. The molecule has 3 nitrogen and oxygen atoms in total. The summed E-state index contributed by atoms with van der Waals surface area (Å²) >= 11 is 0. The molecule has 18 heavy (non-hydrogen) atoms. The van der Waals surface area contributed by atoms with Gasteiger partial charge in [0.05, 0.1) is 0 Å². The van der Waals surface area contributed by atoms with Crippen molar-refractivity contribution in [3.05, 3.63) is 28.8 Å². The third-order valence-electron chi connectivity index (χ3n) is 3.35. The SMILES string of the molecule is Cc1cc(C)c2c(c1)N(C(=O)CCN)CCC2.Cl. The molecule has 2 rings (SSSR count). The third-order valence-corrected chi connectivity index (χ3v) is 3.35. The molecule has 100 valence electrons. The topological polar surface area (TPSA) is 46.3 Å². The molecule has 0 bridgehead atoms. The first-order valence-corrected chi connectivity index (χ1v) is 6.24. The number of aryl methyl sites for hydroxylation is 2. The summed E-state index contributed by atoms with van der Waals surface area (Å²) in [5.41, 5.74) is 10.4. The Morgan fingerprint density at radius 1 is 1.39 bits per heavy atom. The van der Waals surface area contributed by atoms with E-state index in [9.17, 15) is 4.79 Å². The van der Waals surface area contributed by atoms with Crippen molar-refractivity contribution in [1.29, 1.82) is 0 Å². The third kappa shape index (κ3) is 2.85. The summed E-state index contributed by atoms with van der Waals surface area (Å²) in [6.07, 6.45) is 2.56. The van der Waals surface area contributed by atoms with Crippen molar-refractivity contribution in [3.63, 3.8) is 0 Å². The average Bonchev–Trinajstić information content (AvgIpc) is 2.28. The molecule has 1 amide bonds. The van der Waals surface area contributed by atoms with Crippen LogP contribution in [0.25, 0.3) is 0 Å². The van der Waals surface area contributed by atoms with Crippen molar-refractivity contribution in [2.75, 3.05) is 18.0 Å². The van der Waals surface area contributed by atoms with Crippen LogP contribution in [0.5, 0.6) is 0 Å². The monoisotopic (exact) mass is 268 g/mol. The van der Waals surface area contributed by atoms with E-state index in [0.717, 1.165) is 25.1 Å². The largest absolute Gasteiger partial charge is 0.330 e. The number of amides is 1. The van der Waals surface area contributed by atoms with Gasteiger partial charge in [0, 0.05) is 25.2 Å². The average molecular weight is 269 g/mol. The first kappa shape index (κ1) is 15.0. The van der Waals surface area contributed by atoms with E-state index in [4.69, 9.17) is 5.73 Å². The van der Waals surface area contributed by atoms with Crippen molar-refractivity contribution in [2.24, 2.45) is 5.73 Å². The maximum Gasteiger partial charge on any atom is 0.228 e. The molecule has 0 radical (unpaired) electrons. The lowest BCUT2D eigenvalue weighted by molar-refractivity contribution is -0.118. The first-order valence-electron chi connectivity index (χ1n) is 6.24. The molecule has 0 saturated heterocycles. The molecule has 0 spiro atoms. The maximum absolute atomic E-state index is 12.0. The zero-order valence-electron chi connectivity index (χ0n) is 11.0. The highest BCUT2D eigenvalue weighted by Crippen LogP contribution is 2.31. The van der Waals surface area contributed by atoms with E-state index in [2.05, 4.69) is 26.0 Å². The molecule has 0 atom stereocenters. The summed E-state index contributed by atoms with van der Waals surface area (Å²) in [4.78, 5) is 13.9. The molecule has 1 heterocycles. The molecule has 1 aliphatic heterocycles. The van der Waals surface area contributed by atoms with Gasteiger partial charge in [-0.05, 0) is 49.4 Å². The van der Waals surface area contributed by atoms with Crippen molar-refractivity contribution in [3.8, 4) is 0 Å². The van der Waals surface area contributed by atoms with Crippen LogP contribution >= 0.6 is 12.4 Å². The quantitative estimate of drug-likeness (QED) is 0.895. The second kappa shape index (κ2) is 6.21. The van der Waals surface area contributed by atoms with Gasteiger partial charge < -0.3 is 10.6 Å². The number of carbonyl (C=O) groups excluding carboxylic acids is 1. The highest BCUT2D eigenvalue weighted by Gasteiger charge is 2.23. The fraction of sp³-hybridized carbons (Fsp3) is 0.500. The van der Waals surface area contributed by atoms with Crippen molar-refractivity contribution < 1.29 is 4.79 Å². The normalized spacial score (nSPS) is 13.8. The van der Waals surface area contributed by atoms with Gasteiger partial charge in [-0.2, -0.15) is 0 Å². The fourth-order valence-corrected chi connectivity index (χ4v) is 2.59. The number of carbonyl (C=O) groups is 1. The molecule has 0 aromatic heterocycles. The minimum atomic E-state index is 0. The molecule has 1 aromatic rings. The van der Waals surface area contributed by atoms with Gasteiger partial charge in [0.1, 0.15) is 0 Å². The van der Waals surface area contributed by atoms with E-state index in [-0.39, 0.29) is 18.3 Å². The number of anilines is 1. The van der Waals surface area contributed by atoms with E-state index in [0.29, 0.717) is 13.0 Å².